The Morgan fingerprint density at radius 2 is 2.25 bits per heavy atom. The van der Waals surface area contributed by atoms with Gasteiger partial charge in [0.2, 0.25) is 0 Å². The van der Waals surface area contributed by atoms with Gasteiger partial charge in [0, 0.05) is 12.8 Å². The minimum Gasteiger partial charge on any atom is -0.480 e. The van der Waals surface area contributed by atoms with Crippen LogP contribution < -0.4 is 0 Å². The van der Waals surface area contributed by atoms with Gasteiger partial charge in [0.05, 0.1) is 12.4 Å². The third-order valence-corrected chi connectivity index (χ3v) is 3.16. The molecule has 0 spiro atoms. The van der Waals surface area contributed by atoms with Gasteiger partial charge in [0.15, 0.2) is 0 Å². The third-order valence-electron chi connectivity index (χ3n) is 2.15. The summed E-state index contributed by atoms with van der Waals surface area (Å²) in [5.74, 6) is -0.587. The van der Waals surface area contributed by atoms with E-state index < -0.39 is 31.0 Å². The molecule has 1 aliphatic rings. The summed E-state index contributed by atoms with van der Waals surface area (Å²) in [6.07, 6.45) is -2.62. The molecule has 1 saturated heterocycles. The second kappa shape index (κ2) is 5.33. The van der Waals surface area contributed by atoms with Crippen LogP contribution in [-0.4, -0.2) is 64.6 Å². The predicted molar refractivity (Wildman–Crippen MR) is 54.6 cm³/mol. The van der Waals surface area contributed by atoms with Crippen molar-refractivity contribution in [2.24, 2.45) is 0 Å². The van der Waals surface area contributed by atoms with Crippen LogP contribution in [0.25, 0.3) is 0 Å². The fraction of sp³-hybridized carbons (Fsp3) is 0.750. The minimum atomic E-state index is -2.62. The van der Waals surface area contributed by atoms with Crippen molar-refractivity contribution in [1.82, 2.24) is 9.80 Å². The number of aliphatic carboxylic acids is 1. The molecule has 1 fully saturated rings. The van der Waals surface area contributed by atoms with Gasteiger partial charge in [0.25, 0.3) is 6.43 Å². The van der Waals surface area contributed by atoms with Gasteiger partial charge < -0.3 is 14.9 Å². The zero-order valence-corrected chi connectivity index (χ0v) is 9.41. The van der Waals surface area contributed by atoms with Gasteiger partial charge in [-0.3, -0.25) is 0 Å². The van der Waals surface area contributed by atoms with Crippen molar-refractivity contribution >= 4 is 23.8 Å². The van der Waals surface area contributed by atoms with Crippen molar-refractivity contribution in [3.05, 3.63) is 0 Å². The van der Waals surface area contributed by atoms with Crippen molar-refractivity contribution in [3.63, 3.8) is 0 Å². The number of carbonyl (C=O) groups is 2. The lowest BCUT2D eigenvalue weighted by Crippen LogP contribution is -2.48. The number of amides is 2. The Balaban J connectivity index is 2.62. The molecule has 1 aliphatic heterocycles. The molecule has 0 radical (unpaired) electrons. The SMILES string of the molecule is CN(CC(F)F)C(=O)N1CSC[C@H]1C(=O)O. The van der Waals surface area contributed by atoms with E-state index in [2.05, 4.69) is 0 Å². The van der Waals surface area contributed by atoms with Crippen molar-refractivity contribution < 1.29 is 23.5 Å². The van der Waals surface area contributed by atoms with E-state index in [-0.39, 0.29) is 5.88 Å². The van der Waals surface area contributed by atoms with Crippen LogP contribution in [0.1, 0.15) is 0 Å². The van der Waals surface area contributed by atoms with Gasteiger partial charge in [0.1, 0.15) is 6.04 Å². The maximum atomic E-state index is 12.1. The summed E-state index contributed by atoms with van der Waals surface area (Å²) < 4.78 is 24.1. The maximum absolute atomic E-state index is 12.1. The molecule has 0 unspecified atom stereocenters. The number of hydrogen-bond acceptors (Lipinski definition) is 3. The third kappa shape index (κ3) is 2.97. The molecule has 1 rings (SSSR count). The van der Waals surface area contributed by atoms with Gasteiger partial charge in [-0.2, -0.15) is 0 Å². The molecule has 0 saturated carbocycles. The Kier molecular flexibility index (Phi) is 4.34. The molecular formula is C8H12F2N2O3S. The van der Waals surface area contributed by atoms with E-state index in [1.807, 2.05) is 0 Å². The highest BCUT2D eigenvalue weighted by Crippen LogP contribution is 2.22. The molecule has 8 heteroatoms. The number of carboxylic acids is 1. The maximum Gasteiger partial charge on any atom is 0.327 e. The van der Waals surface area contributed by atoms with Crippen LogP contribution >= 0.6 is 11.8 Å². The molecule has 1 N–H and O–H groups in total. The van der Waals surface area contributed by atoms with Gasteiger partial charge in [-0.1, -0.05) is 0 Å². The van der Waals surface area contributed by atoms with Crippen molar-refractivity contribution in [3.8, 4) is 0 Å². The number of hydrogen-bond donors (Lipinski definition) is 1. The fourth-order valence-electron chi connectivity index (χ4n) is 1.34. The van der Waals surface area contributed by atoms with Gasteiger partial charge in [-0.05, 0) is 0 Å². The van der Waals surface area contributed by atoms with Crippen LogP contribution in [0.15, 0.2) is 0 Å². The number of halogens is 2. The summed E-state index contributed by atoms with van der Waals surface area (Å²) >= 11 is 1.29. The zero-order chi connectivity index (χ0) is 12.3. The summed E-state index contributed by atoms with van der Waals surface area (Å²) in [6.45, 7) is -0.688. The molecule has 5 nitrogen and oxygen atoms in total. The Labute approximate surface area is 95.4 Å². The first-order valence-corrected chi connectivity index (χ1v) is 5.69. The lowest BCUT2D eigenvalue weighted by Gasteiger charge is -2.26. The van der Waals surface area contributed by atoms with Gasteiger partial charge >= 0.3 is 12.0 Å². The second-order valence-corrected chi connectivity index (χ2v) is 4.38. The highest BCUT2D eigenvalue weighted by atomic mass is 32.2. The number of rotatable bonds is 3. The summed E-state index contributed by atoms with van der Waals surface area (Å²) in [5, 5.41) is 8.82. The van der Waals surface area contributed by atoms with Crippen molar-refractivity contribution in [2.75, 3.05) is 25.2 Å². The normalized spacial score (nSPS) is 20.2. The fourth-order valence-corrected chi connectivity index (χ4v) is 2.48. The number of carboxylic acid groups (broad SMARTS) is 1. The van der Waals surface area contributed by atoms with E-state index in [4.69, 9.17) is 5.11 Å². The average molecular weight is 254 g/mol. The van der Waals surface area contributed by atoms with E-state index in [9.17, 15) is 18.4 Å². The Morgan fingerprint density at radius 3 is 2.75 bits per heavy atom. The first kappa shape index (κ1) is 13.0. The van der Waals surface area contributed by atoms with Crippen LogP contribution in [0.3, 0.4) is 0 Å². The second-order valence-electron chi connectivity index (χ2n) is 3.38. The first-order chi connectivity index (χ1) is 7.43. The number of urea groups is 1. The van der Waals surface area contributed by atoms with Crippen LogP contribution in [0.4, 0.5) is 13.6 Å². The highest BCUT2D eigenvalue weighted by Gasteiger charge is 2.36. The highest BCUT2D eigenvalue weighted by molar-refractivity contribution is 7.99. The first-order valence-electron chi connectivity index (χ1n) is 4.54. The largest absolute Gasteiger partial charge is 0.480 e. The molecule has 1 atom stereocenters. The summed E-state index contributed by atoms with van der Waals surface area (Å²) in [7, 11) is 1.23. The van der Waals surface area contributed by atoms with Gasteiger partial charge in [-0.15, -0.1) is 11.8 Å². The lowest BCUT2D eigenvalue weighted by atomic mass is 10.3. The molecule has 0 bridgehead atoms. The quantitative estimate of drug-likeness (QED) is 0.808. The van der Waals surface area contributed by atoms with Crippen molar-refractivity contribution in [1.29, 1.82) is 0 Å². The summed E-state index contributed by atoms with van der Waals surface area (Å²) in [6, 6.07) is -1.59. The van der Waals surface area contributed by atoms with Crippen molar-refractivity contribution in [2.45, 2.75) is 12.5 Å². The summed E-state index contributed by atoms with van der Waals surface area (Å²) in [5.41, 5.74) is 0. The molecule has 2 amide bonds. The minimum absolute atomic E-state index is 0.226. The molecular weight excluding hydrogens is 242 g/mol. The zero-order valence-electron chi connectivity index (χ0n) is 8.60. The number of thioether (sulfide) groups is 1. The van der Waals surface area contributed by atoms with Gasteiger partial charge in [-0.25, -0.2) is 18.4 Å². The number of alkyl halides is 2. The Bertz CT molecular complexity index is 290. The van der Waals surface area contributed by atoms with Crippen LogP contribution in [0.5, 0.6) is 0 Å². The van der Waals surface area contributed by atoms with Crippen LogP contribution in [0.2, 0.25) is 0 Å². The molecule has 0 aromatic heterocycles. The van der Waals surface area contributed by atoms with E-state index in [0.717, 1.165) is 9.80 Å². The van der Waals surface area contributed by atoms with E-state index in [1.165, 1.54) is 18.8 Å². The van der Waals surface area contributed by atoms with E-state index in [1.54, 1.807) is 0 Å². The molecule has 92 valence electrons. The summed E-state index contributed by atoms with van der Waals surface area (Å²) in [4.78, 5) is 24.4. The molecule has 1 heterocycles. The number of carbonyl (C=O) groups excluding carboxylic acids is 1. The van der Waals surface area contributed by atoms with E-state index >= 15 is 0 Å². The monoisotopic (exact) mass is 254 g/mol. The topological polar surface area (TPSA) is 60.9 Å². The number of nitrogens with zero attached hydrogens (tertiary/aromatic N) is 2. The standard InChI is InChI=1S/C8H12F2N2O3S/c1-11(2-6(9)10)8(15)12-4-16-3-5(12)7(13)14/h5-6H,2-4H2,1H3,(H,13,14)/t5-/m0/s1. The molecule has 0 aromatic rings. The van der Waals surface area contributed by atoms with E-state index in [0.29, 0.717) is 5.75 Å². The molecule has 0 aromatic carbocycles. The smallest absolute Gasteiger partial charge is 0.327 e. The molecule has 0 aliphatic carbocycles. The molecule has 16 heavy (non-hydrogen) atoms. The Hall–Kier alpha value is -1.05. The van der Waals surface area contributed by atoms with Crippen LogP contribution in [-0.2, 0) is 4.79 Å². The Morgan fingerprint density at radius 1 is 1.62 bits per heavy atom. The van der Waals surface area contributed by atoms with Crippen LogP contribution in [0, 0.1) is 0 Å². The predicted octanol–water partition coefficient (Wildman–Crippen LogP) is 0.763. The average Bonchev–Trinajstić information content (AvgIpc) is 2.63. The lowest BCUT2D eigenvalue weighted by molar-refractivity contribution is -0.140.